The molecule has 0 heterocycles. The van der Waals surface area contributed by atoms with E-state index in [2.05, 4.69) is 5.32 Å². The number of hydrogen-bond donors (Lipinski definition) is 1. The summed E-state index contributed by atoms with van der Waals surface area (Å²) >= 11 is 5.87. The van der Waals surface area contributed by atoms with Gasteiger partial charge in [-0.3, -0.25) is 9.69 Å². The third-order valence-electron chi connectivity index (χ3n) is 3.10. The Labute approximate surface area is 139 Å². The van der Waals surface area contributed by atoms with Gasteiger partial charge in [0.2, 0.25) is 5.91 Å². The Kier molecular flexibility index (Phi) is 6.38. The minimum absolute atomic E-state index is 0.174. The molecule has 0 saturated heterocycles. The SMILES string of the molecule is CN(CCOc1ccccc1)CC(=O)Nc1ccc(F)cc1Cl. The lowest BCUT2D eigenvalue weighted by Gasteiger charge is -2.17. The van der Waals surface area contributed by atoms with Crippen molar-refractivity contribution in [3.63, 3.8) is 0 Å². The second-order valence-corrected chi connectivity index (χ2v) is 5.48. The van der Waals surface area contributed by atoms with Gasteiger partial charge >= 0.3 is 0 Å². The first-order valence-electron chi connectivity index (χ1n) is 7.16. The highest BCUT2D eigenvalue weighted by molar-refractivity contribution is 6.33. The maximum Gasteiger partial charge on any atom is 0.238 e. The molecule has 0 bridgehead atoms. The summed E-state index contributed by atoms with van der Waals surface area (Å²) in [6.45, 7) is 1.26. The number of carbonyl (C=O) groups is 1. The molecule has 2 aromatic carbocycles. The van der Waals surface area contributed by atoms with Crippen molar-refractivity contribution < 1.29 is 13.9 Å². The highest BCUT2D eigenvalue weighted by Gasteiger charge is 2.09. The number of anilines is 1. The van der Waals surface area contributed by atoms with E-state index >= 15 is 0 Å². The highest BCUT2D eigenvalue weighted by atomic mass is 35.5. The Balaban J connectivity index is 1.74. The van der Waals surface area contributed by atoms with Crippen LogP contribution < -0.4 is 10.1 Å². The first-order chi connectivity index (χ1) is 11.0. The van der Waals surface area contributed by atoms with Gasteiger partial charge in [-0.05, 0) is 37.4 Å². The van der Waals surface area contributed by atoms with Gasteiger partial charge in [0.05, 0.1) is 17.3 Å². The van der Waals surface area contributed by atoms with E-state index in [1.807, 2.05) is 42.3 Å². The lowest BCUT2D eigenvalue weighted by Crippen LogP contribution is -2.33. The number of ether oxygens (including phenoxy) is 1. The molecule has 0 saturated carbocycles. The second-order valence-electron chi connectivity index (χ2n) is 5.07. The summed E-state index contributed by atoms with van der Waals surface area (Å²) in [4.78, 5) is 13.8. The molecule has 1 amide bonds. The number of para-hydroxylation sites is 1. The molecule has 0 atom stereocenters. The monoisotopic (exact) mass is 336 g/mol. The summed E-state index contributed by atoms with van der Waals surface area (Å²) in [5.41, 5.74) is 0.395. The zero-order chi connectivity index (χ0) is 16.7. The van der Waals surface area contributed by atoms with Crippen LogP contribution in [-0.4, -0.2) is 37.6 Å². The van der Waals surface area contributed by atoms with Gasteiger partial charge in [0.15, 0.2) is 0 Å². The Morgan fingerprint density at radius 1 is 1.26 bits per heavy atom. The Morgan fingerprint density at radius 2 is 2.00 bits per heavy atom. The van der Waals surface area contributed by atoms with Crippen LogP contribution in [0.1, 0.15) is 0 Å². The normalized spacial score (nSPS) is 10.6. The number of nitrogens with one attached hydrogen (secondary N) is 1. The molecule has 0 unspecified atom stereocenters. The van der Waals surface area contributed by atoms with E-state index < -0.39 is 5.82 Å². The average Bonchev–Trinajstić information content (AvgIpc) is 2.51. The quantitative estimate of drug-likeness (QED) is 0.842. The van der Waals surface area contributed by atoms with Gasteiger partial charge < -0.3 is 10.1 Å². The van der Waals surface area contributed by atoms with Gasteiger partial charge in [-0.15, -0.1) is 0 Å². The van der Waals surface area contributed by atoms with Crippen molar-refractivity contribution in [2.24, 2.45) is 0 Å². The van der Waals surface area contributed by atoms with Crippen LogP contribution in [-0.2, 0) is 4.79 Å². The van der Waals surface area contributed by atoms with Crippen LogP contribution in [0.3, 0.4) is 0 Å². The van der Waals surface area contributed by atoms with Crippen LogP contribution >= 0.6 is 11.6 Å². The van der Waals surface area contributed by atoms with Gasteiger partial charge in [-0.25, -0.2) is 4.39 Å². The molecule has 6 heteroatoms. The van der Waals surface area contributed by atoms with E-state index in [9.17, 15) is 9.18 Å². The molecule has 2 rings (SSSR count). The van der Waals surface area contributed by atoms with E-state index in [1.165, 1.54) is 12.1 Å². The maximum atomic E-state index is 13.0. The van der Waals surface area contributed by atoms with Crippen molar-refractivity contribution in [1.82, 2.24) is 4.90 Å². The van der Waals surface area contributed by atoms with E-state index in [-0.39, 0.29) is 17.5 Å². The summed E-state index contributed by atoms with van der Waals surface area (Å²) < 4.78 is 18.5. The van der Waals surface area contributed by atoms with Crippen LogP contribution in [0, 0.1) is 5.82 Å². The van der Waals surface area contributed by atoms with E-state index in [0.717, 1.165) is 11.8 Å². The van der Waals surface area contributed by atoms with Crippen LogP contribution in [0.2, 0.25) is 5.02 Å². The maximum absolute atomic E-state index is 13.0. The van der Waals surface area contributed by atoms with Crippen molar-refractivity contribution in [2.75, 3.05) is 32.1 Å². The molecular formula is C17H18ClFN2O2. The average molecular weight is 337 g/mol. The summed E-state index contributed by atoms with van der Waals surface area (Å²) in [6, 6.07) is 13.3. The van der Waals surface area contributed by atoms with Gasteiger partial charge in [-0.1, -0.05) is 29.8 Å². The van der Waals surface area contributed by atoms with Gasteiger partial charge in [0.1, 0.15) is 18.2 Å². The van der Waals surface area contributed by atoms with Gasteiger partial charge in [-0.2, -0.15) is 0 Å². The van der Waals surface area contributed by atoms with Crippen molar-refractivity contribution >= 4 is 23.2 Å². The number of nitrogens with zero attached hydrogens (tertiary/aromatic N) is 1. The molecule has 122 valence electrons. The summed E-state index contributed by atoms with van der Waals surface area (Å²) in [7, 11) is 1.82. The number of amides is 1. The summed E-state index contributed by atoms with van der Waals surface area (Å²) in [5.74, 6) is 0.132. The van der Waals surface area contributed by atoms with Crippen LogP contribution in [0.15, 0.2) is 48.5 Å². The zero-order valence-electron chi connectivity index (χ0n) is 12.8. The molecule has 0 aliphatic carbocycles. The molecule has 0 fully saturated rings. The molecule has 2 aromatic rings. The smallest absolute Gasteiger partial charge is 0.238 e. The van der Waals surface area contributed by atoms with Crippen molar-refractivity contribution in [3.8, 4) is 5.75 Å². The standard InChI is InChI=1S/C17H18ClFN2O2/c1-21(9-10-23-14-5-3-2-4-6-14)12-17(22)20-16-8-7-13(19)11-15(16)18/h2-8,11H,9-10,12H2,1H3,(H,20,22). The minimum atomic E-state index is -0.442. The number of halogens is 2. The zero-order valence-corrected chi connectivity index (χ0v) is 13.5. The third kappa shape index (κ3) is 5.88. The molecule has 0 aliphatic rings. The predicted octanol–water partition coefficient (Wildman–Crippen LogP) is 3.43. The number of benzene rings is 2. The van der Waals surface area contributed by atoms with Crippen LogP contribution in [0.5, 0.6) is 5.75 Å². The molecule has 0 aliphatic heterocycles. The lowest BCUT2D eigenvalue weighted by atomic mass is 10.3. The lowest BCUT2D eigenvalue weighted by molar-refractivity contribution is -0.117. The Bertz CT molecular complexity index is 652. The Morgan fingerprint density at radius 3 is 2.70 bits per heavy atom. The molecule has 1 N–H and O–H groups in total. The first kappa shape index (κ1) is 17.2. The van der Waals surface area contributed by atoms with Crippen molar-refractivity contribution in [1.29, 1.82) is 0 Å². The highest BCUT2D eigenvalue weighted by Crippen LogP contribution is 2.22. The number of likely N-dealkylation sites (N-methyl/N-ethyl adjacent to an activating group) is 1. The largest absolute Gasteiger partial charge is 0.492 e. The Hall–Kier alpha value is -2.11. The third-order valence-corrected chi connectivity index (χ3v) is 3.42. The molecule has 23 heavy (non-hydrogen) atoms. The minimum Gasteiger partial charge on any atom is -0.492 e. The van der Waals surface area contributed by atoms with E-state index in [4.69, 9.17) is 16.3 Å². The van der Waals surface area contributed by atoms with Gasteiger partial charge in [0, 0.05) is 6.54 Å². The van der Waals surface area contributed by atoms with E-state index in [1.54, 1.807) is 0 Å². The van der Waals surface area contributed by atoms with E-state index in [0.29, 0.717) is 18.8 Å². The van der Waals surface area contributed by atoms with Crippen molar-refractivity contribution in [2.45, 2.75) is 0 Å². The van der Waals surface area contributed by atoms with Crippen molar-refractivity contribution in [3.05, 3.63) is 59.4 Å². The fourth-order valence-corrected chi connectivity index (χ4v) is 2.16. The molecule has 0 radical (unpaired) electrons. The number of carbonyl (C=O) groups excluding carboxylic acids is 1. The second kappa shape index (κ2) is 8.50. The molecular weight excluding hydrogens is 319 g/mol. The van der Waals surface area contributed by atoms with Crippen LogP contribution in [0.4, 0.5) is 10.1 Å². The fourth-order valence-electron chi connectivity index (χ4n) is 1.94. The predicted molar refractivity (Wildman–Crippen MR) is 89.5 cm³/mol. The van der Waals surface area contributed by atoms with Crippen LogP contribution in [0.25, 0.3) is 0 Å². The van der Waals surface area contributed by atoms with Gasteiger partial charge in [0.25, 0.3) is 0 Å². The number of hydrogen-bond acceptors (Lipinski definition) is 3. The first-order valence-corrected chi connectivity index (χ1v) is 7.53. The molecule has 0 aromatic heterocycles. The number of rotatable bonds is 7. The topological polar surface area (TPSA) is 41.6 Å². The molecule has 0 spiro atoms. The molecule has 4 nitrogen and oxygen atoms in total. The summed E-state index contributed by atoms with van der Waals surface area (Å²) in [5, 5.41) is 2.83. The summed E-state index contributed by atoms with van der Waals surface area (Å²) in [6.07, 6.45) is 0. The fraction of sp³-hybridized carbons (Fsp3) is 0.235.